The predicted octanol–water partition coefficient (Wildman–Crippen LogP) is 4.03. The maximum absolute atomic E-state index is 5.87. The smallest absolute Gasteiger partial charge is 0.193 e. The number of hydrogen-bond donors (Lipinski definition) is 1. The Bertz CT molecular complexity index is 524. The fraction of sp³-hybridized carbons (Fsp3) is 0.333. The minimum atomic E-state index is -0.0115. The molecule has 3 nitrogen and oxygen atoms in total. The highest BCUT2D eigenvalue weighted by atomic mass is 35.5. The molecule has 0 bridgehead atoms. The zero-order valence-corrected chi connectivity index (χ0v) is 11.9. The molecular formula is C15H18ClNO2. The van der Waals surface area contributed by atoms with Crippen LogP contribution < -0.4 is 10.1 Å². The summed E-state index contributed by atoms with van der Waals surface area (Å²) in [5.41, 5.74) is 1.10. The monoisotopic (exact) mass is 279 g/mol. The lowest BCUT2D eigenvalue weighted by atomic mass is 10.0. The van der Waals surface area contributed by atoms with Crippen molar-refractivity contribution in [2.45, 2.75) is 19.4 Å². The van der Waals surface area contributed by atoms with Crippen molar-refractivity contribution in [2.24, 2.45) is 0 Å². The van der Waals surface area contributed by atoms with Crippen LogP contribution >= 0.6 is 11.6 Å². The topological polar surface area (TPSA) is 34.4 Å². The fourth-order valence-electron chi connectivity index (χ4n) is 1.98. The summed E-state index contributed by atoms with van der Waals surface area (Å²) in [4.78, 5) is 0. The van der Waals surface area contributed by atoms with Gasteiger partial charge in [-0.2, -0.15) is 0 Å². The van der Waals surface area contributed by atoms with Crippen molar-refractivity contribution >= 4 is 11.6 Å². The molecule has 1 atom stereocenters. The minimum Gasteiger partial charge on any atom is -0.497 e. The first-order chi connectivity index (χ1) is 9.24. The molecule has 2 rings (SSSR count). The third-order valence-corrected chi connectivity index (χ3v) is 3.11. The molecule has 0 fully saturated rings. The normalized spacial score (nSPS) is 12.4. The van der Waals surface area contributed by atoms with E-state index < -0.39 is 0 Å². The maximum atomic E-state index is 5.87. The van der Waals surface area contributed by atoms with Crippen LogP contribution in [0.3, 0.4) is 0 Å². The van der Waals surface area contributed by atoms with Gasteiger partial charge in [0.1, 0.15) is 11.5 Å². The number of rotatable bonds is 6. The molecule has 0 aliphatic heterocycles. The van der Waals surface area contributed by atoms with E-state index in [1.165, 1.54) is 0 Å². The molecule has 102 valence electrons. The summed E-state index contributed by atoms with van der Waals surface area (Å²) in [5, 5.41) is 3.86. The molecule has 0 radical (unpaired) electrons. The van der Waals surface area contributed by atoms with Gasteiger partial charge in [0.2, 0.25) is 0 Å². The maximum Gasteiger partial charge on any atom is 0.193 e. The van der Waals surface area contributed by atoms with Gasteiger partial charge in [-0.15, -0.1) is 0 Å². The molecule has 0 spiro atoms. The van der Waals surface area contributed by atoms with Crippen molar-refractivity contribution in [1.29, 1.82) is 0 Å². The van der Waals surface area contributed by atoms with Gasteiger partial charge in [-0.25, -0.2) is 0 Å². The van der Waals surface area contributed by atoms with Crippen LogP contribution in [0, 0.1) is 0 Å². The summed E-state index contributed by atoms with van der Waals surface area (Å²) in [6, 6.07) is 11.6. The summed E-state index contributed by atoms with van der Waals surface area (Å²) in [6.45, 7) is 3.03. The third kappa shape index (κ3) is 3.52. The van der Waals surface area contributed by atoms with Crippen molar-refractivity contribution in [1.82, 2.24) is 5.32 Å². The molecule has 0 saturated carbocycles. The summed E-state index contributed by atoms with van der Waals surface area (Å²) >= 11 is 5.87. The van der Waals surface area contributed by atoms with Crippen LogP contribution in [-0.4, -0.2) is 13.7 Å². The lowest BCUT2D eigenvalue weighted by Crippen LogP contribution is -2.22. The first kappa shape index (κ1) is 14.0. The molecule has 0 aliphatic rings. The van der Waals surface area contributed by atoms with Crippen molar-refractivity contribution in [3.63, 3.8) is 0 Å². The van der Waals surface area contributed by atoms with E-state index in [-0.39, 0.29) is 6.04 Å². The predicted molar refractivity (Wildman–Crippen MR) is 76.8 cm³/mol. The van der Waals surface area contributed by atoms with Gasteiger partial charge in [0.05, 0.1) is 13.2 Å². The van der Waals surface area contributed by atoms with E-state index >= 15 is 0 Å². The summed E-state index contributed by atoms with van der Waals surface area (Å²) in [6.07, 6.45) is 1.05. The van der Waals surface area contributed by atoms with E-state index in [2.05, 4.69) is 12.2 Å². The van der Waals surface area contributed by atoms with Gasteiger partial charge in [0, 0.05) is 0 Å². The highest BCUT2D eigenvalue weighted by Crippen LogP contribution is 2.28. The second-order valence-electron chi connectivity index (χ2n) is 4.31. The second kappa shape index (κ2) is 6.64. The molecular weight excluding hydrogens is 262 g/mol. The van der Waals surface area contributed by atoms with E-state index in [1.54, 1.807) is 13.2 Å². The van der Waals surface area contributed by atoms with Crippen molar-refractivity contribution in [3.8, 4) is 5.75 Å². The quantitative estimate of drug-likeness (QED) is 0.867. The Kier molecular flexibility index (Phi) is 4.88. The van der Waals surface area contributed by atoms with Gasteiger partial charge in [-0.3, -0.25) is 0 Å². The molecule has 4 heteroatoms. The summed E-state index contributed by atoms with van der Waals surface area (Å²) in [7, 11) is 1.66. The number of methoxy groups -OCH3 is 1. The van der Waals surface area contributed by atoms with Crippen LogP contribution in [0.25, 0.3) is 0 Å². The molecule has 2 aromatic rings. The number of benzene rings is 1. The molecule has 0 saturated heterocycles. The van der Waals surface area contributed by atoms with Crippen molar-refractivity contribution in [3.05, 3.63) is 52.9 Å². The van der Waals surface area contributed by atoms with Crippen LogP contribution in [0.1, 0.15) is 30.7 Å². The molecule has 1 aromatic heterocycles. The van der Waals surface area contributed by atoms with Gasteiger partial charge in [0.25, 0.3) is 0 Å². The number of ether oxygens (including phenoxy) is 1. The lowest BCUT2D eigenvalue weighted by Gasteiger charge is -2.17. The Morgan fingerprint density at radius 3 is 2.79 bits per heavy atom. The van der Waals surface area contributed by atoms with E-state index in [0.29, 0.717) is 5.22 Å². The average Bonchev–Trinajstić information content (AvgIpc) is 2.86. The first-order valence-electron chi connectivity index (χ1n) is 6.37. The molecule has 0 amide bonds. The largest absolute Gasteiger partial charge is 0.497 e. The van der Waals surface area contributed by atoms with Crippen LogP contribution in [0.5, 0.6) is 5.75 Å². The van der Waals surface area contributed by atoms with E-state index in [4.69, 9.17) is 20.8 Å². The zero-order chi connectivity index (χ0) is 13.7. The van der Waals surface area contributed by atoms with Crippen LogP contribution in [0.4, 0.5) is 0 Å². The standard InChI is InChI=1S/C15H18ClNO2/c1-3-9-17-15(13-7-8-14(16)19-13)11-5-4-6-12(10-11)18-2/h4-8,10,15,17H,3,9H2,1-2H3. The summed E-state index contributed by atoms with van der Waals surface area (Å²) < 4.78 is 10.8. The van der Waals surface area contributed by atoms with Crippen molar-refractivity contribution < 1.29 is 9.15 Å². The van der Waals surface area contributed by atoms with Gasteiger partial charge in [0.15, 0.2) is 5.22 Å². The molecule has 0 aliphatic carbocycles. The first-order valence-corrected chi connectivity index (χ1v) is 6.75. The highest BCUT2D eigenvalue weighted by molar-refractivity contribution is 6.28. The Hall–Kier alpha value is -1.45. The average molecular weight is 280 g/mol. The number of hydrogen-bond acceptors (Lipinski definition) is 3. The zero-order valence-electron chi connectivity index (χ0n) is 11.2. The molecule has 1 heterocycles. The fourth-order valence-corrected chi connectivity index (χ4v) is 2.13. The van der Waals surface area contributed by atoms with Crippen LogP contribution in [0.15, 0.2) is 40.8 Å². The number of furan rings is 1. The van der Waals surface area contributed by atoms with Gasteiger partial charge < -0.3 is 14.5 Å². The highest BCUT2D eigenvalue weighted by Gasteiger charge is 2.17. The Balaban J connectivity index is 2.30. The van der Waals surface area contributed by atoms with E-state index in [9.17, 15) is 0 Å². The number of nitrogens with one attached hydrogen (secondary N) is 1. The van der Waals surface area contributed by atoms with Crippen molar-refractivity contribution in [2.75, 3.05) is 13.7 Å². The van der Waals surface area contributed by atoms with E-state index in [1.807, 2.05) is 30.3 Å². The Morgan fingerprint density at radius 1 is 1.32 bits per heavy atom. The molecule has 19 heavy (non-hydrogen) atoms. The Morgan fingerprint density at radius 2 is 2.16 bits per heavy atom. The van der Waals surface area contributed by atoms with Gasteiger partial charge in [-0.1, -0.05) is 19.1 Å². The molecule has 1 aromatic carbocycles. The molecule has 1 unspecified atom stereocenters. The van der Waals surface area contributed by atoms with Crippen LogP contribution in [0.2, 0.25) is 5.22 Å². The second-order valence-corrected chi connectivity index (χ2v) is 4.68. The SMILES string of the molecule is CCCNC(c1cccc(OC)c1)c1ccc(Cl)o1. The Labute approximate surface area is 118 Å². The van der Waals surface area contributed by atoms with E-state index in [0.717, 1.165) is 30.0 Å². The minimum absolute atomic E-state index is 0.0115. The molecule has 1 N–H and O–H groups in total. The summed E-state index contributed by atoms with van der Waals surface area (Å²) in [5.74, 6) is 1.64. The third-order valence-electron chi connectivity index (χ3n) is 2.90. The lowest BCUT2D eigenvalue weighted by molar-refractivity contribution is 0.411. The van der Waals surface area contributed by atoms with Gasteiger partial charge in [-0.05, 0) is 54.4 Å². The van der Waals surface area contributed by atoms with Gasteiger partial charge >= 0.3 is 0 Å². The number of halogens is 1. The van der Waals surface area contributed by atoms with Crippen LogP contribution in [-0.2, 0) is 0 Å².